The van der Waals surface area contributed by atoms with Crippen LogP contribution in [0.1, 0.15) is 72.6 Å². The Hall–Kier alpha value is -0.300. The van der Waals surface area contributed by atoms with Crippen LogP contribution in [0.15, 0.2) is 11.1 Å². The first-order chi connectivity index (χ1) is 10.4. The Morgan fingerprint density at radius 1 is 1.18 bits per heavy atom. The molecule has 1 heteroatoms. The molecule has 22 heavy (non-hydrogen) atoms. The molecule has 124 valence electrons. The highest BCUT2D eigenvalue weighted by molar-refractivity contribution is 5.34. The van der Waals surface area contributed by atoms with E-state index < -0.39 is 0 Å². The topological polar surface area (TPSA) is 16.6 Å². The molecule has 2 N–H and O–H groups in total. The number of allylic oxidation sites excluding steroid dienone is 1. The number of rotatable bonds is 1. The lowest BCUT2D eigenvalue weighted by molar-refractivity contribution is -0.699. The Kier molecular flexibility index (Phi) is 3.36. The highest BCUT2D eigenvalue weighted by Gasteiger charge is 2.59. The van der Waals surface area contributed by atoms with Crippen LogP contribution in [-0.2, 0) is 0 Å². The van der Waals surface area contributed by atoms with Gasteiger partial charge in [-0.25, -0.2) is 0 Å². The summed E-state index contributed by atoms with van der Waals surface area (Å²) in [6.07, 6.45) is 9.91. The summed E-state index contributed by atoms with van der Waals surface area (Å²) in [6.45, 7) is 10.1. The van der Waals surface area contributed by atoms with Crippen molar-refractivity contribution in [3.8, 4) is 0 Å². The molecular weight excluding hydrogens is 266 g/mol. The van der Waals surface area contributed by atoms with E-state index in [0.717, 1.165) is 29.6 Å². The van der Waals surface area contributed by atoms with E-state index in [2.05, 4.69) is 40.1 Å². The van der Waals surface area contributed by atoms with Crippen molar-refractivity contribution in [1.82, 2.24) is 0 Å². The molecule has 0 aromatic carbocycles. The van der Waals surface area contributed by atoms with Gasteiger partial charge in [0.1, 0.15) is 0 Å². The Bertz CT molecular complexity index is 502. The minimum atomic E-state index is 0.427. The smallest absolute Gasteiger partial charge is 0.0821 e. The van der Waals surface area contributed by atoms with Crippen LogP contribution in [0.3, 0.4) is 0 Å². The number of nitrogens with two attached hydrogens (primary N) is 1. The van der Waals surface area contributed by atoms with Gasteiger partial charge in [0.25, 0.3) is 0 Å². The average Bonchev–Trinajstić information content (AvgIpc) is 2.45. The molecule has 0 amide bonds. The lowest BCUT2D eigenvalue weighted by atomic mass is 9.45. The molecule has 0 aromatic heterocycles. The quantitative estimate of drug-likeness (QED) is 0.549. The summed E-state index contributed by atoms with van der Waals surface area (Å²) in [5.41, 5.74) is 4.80. The van der Waals surface area contributed by atoms with Gasteiger partial charge >= 0.3 is 0 Å². The maximum Gasteiger partial charge on any atom is 0.0821 e. The number of hydrogen-bond donors (Lipinski definition) is 1. The molecule has 2 fully saturated rings. The summed E-state index contributed by atoms with van der Waals surface area (Å²) in [4.78, 5) is 0. The first-order valence-corrected chi connectivity index (χ1v) is 9.73. The van der Waals surface area contributed by atoms with Crippen LogP contribution < -0.4 is 5.32 Å². The second-order valence-corrected chi connectivity index (χ2v) is 9.95. The summed E-state index contributed by atoms with van der Waals surface area (Å²) >= 11 is 0. The Balaban J connectivity index is 1.85. The lowest BCUT2D eigenvalue weighted by Crippen LogP contribution is -2.97. The van der Waals surface area contributed by atoms with Gasteiger partial charge in [-0.15, -0.1) is 0 Å². The molecule has 0 spiro atoms. The minimum Gasteiger partial charge on any atom is -0.473 e. The monoisotopic (exact) mass is 301 g/mol. The third-order valence-electron chi connectivity index (χ3n) is 8.16. The van der Waals surface area contributed by atoms with Gasteiger partial charge < -0.3 is 5.32 Å². The molecule has 0 radical (unpaired) electrons. The summed E-state index contributed by atoms with van der Waals surface area (Å²) < 4.78 is 0. The van der Waals surface area contributed by atoms with Crippen LogP contribution in [0.2, 0.25) is 0 Å². The van der Waals surface area contributed by atoms with E-state index in [1.165, 1.54) is 44.9 Å². The number of quaternary nitrogens is 1. The summed E-state index contributed by atoms with van der Waals surface area (Å²) in [7, 11) is 4.36. The van der Waals surface area contributed by atoms with E-state index in [1.807, 2.05) is 11.1 Å². The molecule has 0 unspecified atom stereocenters. The molecule has 1 nitrogen and oxygen atoms in total. The fourth-order valence-electron chi connectivity index (χ4n) is 7.27. The molecule has 4 rings (SSSR count). The molecule has 2 saturated carbocycles. The Morgan fingerprint density at radius 3 is 2.68 bits per heavy atom. The molecule has 4 aliphatic rings. The second kappa shape index (κ2) is 4.85. The molecule has 0 saturated heterocycles. The van der Waals surface area contributed by atoms with Gasteiger partial charge in [-0.1, -0.05) is 38.8 Å². The van der Waals surface area contributed by atoms with Gasteiger partial charge in [0.15, 0.2) is 0 Å². The Labute approximate surface area is 137 Å². The van der Waals surface area contributed by atoms with Crippen LogP contribution in [0.4, 0.5) is 0 Å². The van der Waals surface area contributed by atoms with Crippen molar-refractivity contribution < 1.29 is 5.32 Å². The highest BCUT2D eigenvalue weighted by atomic mass is 15.0. The van der Waals surface area contributed by atoms with E-state index >= 15 is 0 Å². The van der Waals surface area contributed by atoms with E-state index in [-0.39, 0.29) is 0 Å². The van der Waals surface area contributed by atoms with Gasteiger partial charge in [0, 0.05) is 18.3 Å². The lowest BCUT2D eigenvalue weighted by Gasteiger charge is -2.62. The maximum atomic E-state index is 4.36. The fourth-order valence-corrected chi connectivity index (χ4v) is 7.27. The van der Waals surface area contributed by atoms with Crippen molar-refractivity contribution in [3.05, 3.63) is 18.2 Å². The zero-order chi connectivity index (χ0) is 15.7. The van der Waals surface area contributed by atoms with Crippen molar-refractivity contribution in [1.29, 1.82) is 0 Å². The zero-order valence-corrected chi connectivity index (χ0v) is 15.1. The van der Waals surface area contributed by atoms with Crippen molar-refractivity contribution in [2.75, 3.05) is 0 Å². The molecule has 0 aliphatic heterocycles. The van der Waals surface area contributed by atoms with E-state index in [0.29, 0.717) is 11.0 Å². The van der Waals surface area contributed by atoms with Crippen LogP contribution in [0.5, 0.6) is 0 Å². The first-order valence-electron chi connectivity index (χ1n) is 9.73. The van der Waals surface area contributed by atoms with Gasteiger partial charge in [-0.3, -0.25) is 0 Å². The van der Waals surface area contributed by atoms with Gasteiger partial charge in [0.05, 0.1) is 5.54 Å². The molecule has 0 heterocycles. The highest BCUT2D eigenvalue weighted by Crippen LogP contribution is 2.62. The molecule has 0 bridgehead atoms. The maximum absolute atomic E-state index is 4.36. The average molecular weight is 302 g/mol. The molecule has 0 aromatic rings. The van der Waals surface area contributed by atoms with Gasteiger partial charge in [-0.2, -0.15) is 7.05 Å². The normalized spacial score (nSPS) is 49.8. The number of hydrogen-bond acceptors (Lipinski definition) is 0. The van der Waals surface area contributed by atoms with Crippen molar-refractivity contribution >= 4 is 0 Å². The van der Waals surface area contributed by atoms with E-state index in [4.69, 9.17) is 0 Å². The summed E-state index contributed by atoms with van der Waals surface area (Å²) in [5, 5.41) is 2.41. The minimum absolute atomic E-state index is 0.427. The third-order valence-corrected chi connectivity index (χ3v) is 8.16. The van der Waals surface area contributed by atoms with Gasteiger partial charge in [0.2, 0.25) is 0 Å². The standard InChI is InChI=1S/C21H35N/c1-13-10-16-12-20(3,4)11-15-8-9-21(22-5)14(2)6-7-17(13)19(21)18(15)16/h13-14,16-17,19H,5-12,22H2,1-4H3/t13-,14-,16-,17+,19-,21-/m0/s1. The molecular formula is C21H35N. The predicted molar refractivity (Wildman–Crippen MR) is 91.9 cm³/mol. The van der Waals surface area contributed by atoms with Gasteiger partial charge in [-0.05, 0) is 61.7 Å². The van der Waals surface area contributed by atoms with Crippen molar-refractivity contribution in [2.45, 2.75) is 78.2 Å². The SMILES string of the molecule is [CH2-][NH2+][C@@]12CCC3=C4[C@@H](C[C@H](C)[C@@H](CC[C@@H]1C)[C@@H]42)CC(C)(C)C3. The van der Waals surface area contributed by atoms with Crippen molar-refractivity contribution in [3.63, 3.8) is 0 Å². The van der Waals surface area contributed by atoms with E-state index in [1.54, 1.807) is 0 Å². The third kappa shape index (κ3) is 1.93. The van der Waals surface area contributed by atoms with E-state index in [9.17, 15) is 0 Å². The van der Waals surface area contributed by atoms with Crippen molar-refractivity contribution in [2.24, 2.45) is 35.0 Å². The van der Waals surface area contributed by atoms with Crippen LogP contribution in [-0.4, -0.2) is 5.54 Å². The molecule has 4 aliphatic carbocycles. The predicted octanol–water partition coefficient (Wildman–Crippen LogP) is 4.31. The van der Waals surface area contributed by atoms with Crippen LogP contribution >= 0.6 is 0 Å². The summed E-state index contributed by atoms with van der Waals surface area (Å²) in [5.74, 6) is 4.43. The molecule has 6 atom stereocenters. The van der Waals surface area contributed by atoms with Crippen LogP contribution in [0, 0.1) is 42.1 Å². The largest absolute Gasteiger partial charge is 0.473 e. The second-order valence-electron chi connectivity index (χ2n) is 9.95. The zero-order valence-electron chi connectivity index (χ0n) is 15.1. The first kappa shape index (κ1) is 15.2. The fraction of sp³-hybridized carbons (Fsp3) is 0.857. The van der Waals surface area contributed by atoms with Crippen LogP contribution in [0.25, 0.3) is 0 Å². The Morgan fingerprint density at radius 2 is 1.95 bits per heavy atom. The summed E-state index contributed by atoms with van der Waals surface area (Å²) in [6, 6.07) is 0.